The summed E-state index contributed by atoms with van der Waals surface area (Å²) in [5, 5.41) is 8.05. The van der Waals surface area contributed by atoms with Gasteiger partial charge in [-0.2, -0.15) is 0 Å². The van der Waals surface area contributed by atoms with Gasteiger partial charge in [0, 0.05) is 25.0 Å². The maximum atomic E-state index is 8.05. The van der Waals surface area contributed by atoms with Crippen LogP contribution in [0.4, 0.5) is 0 Å². The van der Waals surface area contributed by atoms with Crippen LogP contribution < -0.4 is 0 Å². The molecule has 1 aliphatic carbocycles. The minimum Gasteiger partial charge on any atom is -0.357 e. The van der Waals surface area contributed by atoms with E-state index in [0.717, 1.165) is 18.9 Å². The summed E-state index contributed by atoms with van der Waals surface area (Å²) in [5.41, 5.74) is 0. The molecule has 3 nitrogen and oxygen atoms in total. The molecule has 0 heterocycles. The average Bonchev–Trinajstić information content (AvgIpc) is 2.85. The van der Waals surface area contributed by atoms with Gasteiger partial charge in [-0.3, -0.25) is 5.41 Å². The van der Waals surface area contributed by atoms with Crippen molar-refractivity contribution in [3.63, 3.8) is 0 Å². The quantitative estimate of drug-likeness (QED) is 0.536. The Morgan fingerprint density at radius 2 is 2.00 bits per heavy atom. The minimum absolute atomic E-state index is 0.461. The third-order valence-electron chi connectivity index (χ3n) is 2.78. The largest absolute Gasteiger partial charge is 0.357 e. The number of nitrogens with zero attached hydrogens (tertiary/aromatic N) is 2. The lowest BCUT2D eigenvalue weighted by Gasteiger charge is -2.32. The van der Waals surface area contributed by atoms with E-state index in [9.17, 15) is 0 Å². The van der Waals surface area contributed by atoms with Crippen molar-refractivity contribution in [2.75, 3.05) is 27.2 Å². The molecule has 1 fully saturated rings. The summed E-state index contributed by atoms with van der Waals surface area (Å²) in [7, 11) is 4.18. The van der Waals surface area contributed by atoms with Gasteiger partial charge in [0.25, 0.3) is 0 Å². The molecule has 1 aliphatic rings. The van der Waals surface area contributed by atoms with E-state index in [1.165, 1.54) is 12.8 Å². The fraction of sp³-hybridized carbons (Fsp3) is 0.909. The van der Waals surface area contributed by atoms with Crippen molar-refractivity contribution in [1.82, 2.24) is 9.80 Å². The first kappa shape index (κ1) is 11.5. The molecular formula is C11H23N3. The van der Waals surface area contributed by atoms with Crippen LogP contribution in [0.1, 0.15) is 26.7 Å². The zero-order valence-corrected chi connectivity index (χ0v) is 9.88. The number of rotatable bonds is 5. The van der Waals surface area contributed by atoms with Gasteiger partial charge in [0.05, 0.1) is 5.84 Å². The maximum Gasteiger partial charge on any atom is 0.0992 e. The highest BCUT2D eigenvalue weighted by atomic mass is 15.2. The van der Waals surface area contributed by atoms with Crippen molar-refractivity contribution in [3.05, 3.63) is 0 Å². The van der Waals surface area contributed by atoms with Gasteiger partial charge in [-0.1, -0.05) is 0 Å². The molecule has 1 unspecified atom stereocenters. The van der Waals surface area contributed by atoms with Gasteiger partial charge in [-0.25, -0.2) is 0 Å². The highest BCUT2D eigenvalue weighted by Gasteiger charge is 2.31. The van der Waals surface area contributed by atoms with E-state index in [-0.39, 0.29) is 0 Å². The molecule has 1 saturated carbocycles. The van der Waals surface area contributed by atoms with Gasteiger partial charge in [0.1, 0.15) is 0 Å². The van der Waals surface area contributed by atoms with Crippen LogP contribution in [0.3, 0.4) is 0 Å². The van der Waals surface area contributed by atoms with Gasteiger partial charge in [-0.15, -0.1) is 0 Å². The normalized spacial score (nSPS) is 18.4. The summed E-state index contributed by atoms with van der Waals surface area (Å²) in [4.78, 5) is 4.42. The Morgan fingerprint density at radius 3 is 2.36 bits per heavy atom. The average molecular weight is 197 g/mol. The Labute approximate surface area is 87.6 Å². The van der Waals surface area contributed by atoms with E-state index in [1.807, 2.05) is 0 Å². The van der Waals surface area contributed by atoms with Crippen LogP contribution in [0.15, 0.2) is 0 Å². The predicted octanol–water partition coefficient (Wildman–Crippen LogP) is 1.65. The number of nitrogens with one attached hydrogen (secondary N) is 1. The van der Waals surface area contributed by atoms with Gasteiger partial charge in [-0.05, 0) is 40.8 Å². The summed E-state index contributed by atoms with van der Waals surface area (Å²) >= 11 is 0. The number of amidine groups is 1. The molecule has 14 heavy (non-hydrogen) atoms. The van der Waals surface area contributed by atoms with Crippen molar-refractivity contribution in [2.45, 2.75) is 32.7 Å². The van der Waals surface area contributed by atoms with Crippen LogP contribution in [0.25, 0.3) is 0 Å². The molecule has 0 saturated heterocycles. The number of likely N-dealkylation sites (N-methyl/N-ethyl adjacent to an activating group) is 2. The first-order valence-corrected chi connectivity index (χ1v) is 5.56. The van der Waals surface area contributed by atoms with Crippen LogP contribution >= 0.6 is 0 Å². The number of hydrogen-bond donors (Lipinski definition) is 1. The zero-order valence-electron chi connectivity index (χ0n) is 9.88. The van der Waals surface area contributed by atoms with Gasteiger partial charge in [0.15, 0.2) is 0 Å². The Bertz CT molecular complexity index is 197. The molecule has 0 aromatic carbocycles. The monoisotopic (exact) mass is 197 g/mol. The molecule has 0 spiro atoms. The predicted molar refractivity (Wildman–Crippen MR) is 60.8 cm³/mol. The van der Waals surface area contributed by atoms with Crippen molar-refractivity contribution >= 4 is 5.84 Å². The second-order valence-electron chi connectivity index (χ2n) is 4.56. The van der Waals surface area contributed by atoms with Crippen LogP contribution in [0.5, 0.6) is 0 Å². The highest BCUT2D eigenvalue weighted by molar-refractivity contribution is 5.84. The first-order valence-electron chi connectivity index (χ1n) is 5.56. The molecule has 0 aliphatic heterocycles. The van der Waals surface area contributed by atoms with Crippen molar-refractivity contribution in [2.24, 2.45) is 5.92 Å². The topological polar surface area (TPSA) is 30.3 Å². The minimum atomic E-state index is 0.461. The van der Waals surface area contributed by atoms with Crippen LogP contribution in [-0.2, 0) is 0 Å². The molecule has 82 valence electrons. The van der Waals surface area contributed by atoms with E-state index < -0.39 is 0 Å². The Kier molecular flexibility index (Phi) is 3.93. The third-order valence-corrected chi connectivity index (χ3v) is 2.78. The Morgan fingerprint density at radius 1 is 1.43 bits per heavy atom. The summed E-state index contributed by atoms with van der Waals surface area (Å²) < 4.78 is 0. The summed E-state index contributed by atoms with van der Waals surface area (Å²) in [6.45, 7) is 6.34. The lowest BCUT2D eigenvalue weighted by molar-refractivity contribution is 0.258. The van der Waals surface area contributed by atoms with Gasteiger partial charge in [0.2, 0.25) is 0 Å². The van der Waals surface area contributed by atoms with E-state index >= 15 is 0 Å². The third kappa shape index (κ3) is 2.98. The van der Waals surface area contributed by atoms with Gasteiger partial charge < -0.3 is 9.80 Å². The van der Waals surface area contributed by atoms with Crippen LogP contribution in [-0.4, -0.2) is 48.9 Å². The fourth-order valence-electron chi connectivity index (χ4n) is 1.94. The Hall–Kier alpha value is -0.570. The molecule has 1 N–H and O–H groups in total. The SMILES string of the molecule is CCN(C(=N)C1CC1)C(C)CN(C)C. The zero-order chi connectivity index (χ0) is 10.7. The van der Waals surface area contributed by atoms with Crippen molar-refractivity contribution in [1.29, 1.82) is 5.41 Å². The lowest BCUT2D eigenvalue weighted by atomic mass is 10.2. The Balaban J connectivity index is 2.46. The second kappa shape index (κ2) is 4.78. The molecule has 3 heteroatoms. The molecule has 0 aromatic heterocycles. The summed E-state index contributed by atoms with van der Waals surface area (Å²) in [5.74, 6) is 1.43. The molecule has 0 aromatic rings. The van der Waals surface area contributed by atoms with Crippen molar-refractivity contribution < 1.29 is 0 Å². The molecule has 0 bridgehead atoms. The van der Waals surface area contributed by atoms with E-state index in [2.05, 4.69) is 37.7 Å². The number of hydrogen-bond acceptors (Lipinski definition) is 2. The standard InChI is InChI=1S/C11H23N3/c1-5-14(9(2)8-13(3)4)11(12)10-6-7-10/h9-10,12H,5-8H2,1-4H3. The summed E-state index contributed by atoms with van der Waals surface area (Å²) in [6.07, 6.45) is 2.45. The molecular weight excluding hydrogens is 174 g/mol. The molecule has 0 amide bonds. The highest BCUT2D eigenvalue weighted by Crippen LogP contribution is 2.31. The van der Waals surface area contributed by atoms with E-state index in [0.29, 0.717) is 12.0 Å². The molecule has 0 radical (unpaired) electrons. The summed E-state index contributed by atoms with van der Waals surface area (Å²) in [6, 6.07) is 0.461. The van der Waals surface area contributed by atoms with Crippen molar-refractivity contribution in [3.8, 4) is 0 Å². The lowest BCUT2D eigenvalue weighted by Crippen LogP contribution is -2.44. The maximum absolute atomic E-state index is 8.05. The molecule has 1 rings (SSSR count). The molecule has 1 atom stereocenters. The fourth-order valence-corrected chi connectivity index (χ4v) is 1.94. The van der Waals surface area contributed by atoms with Crippen LogP contribution in [0.2, 0.25) is 0 Å². The van der Waals surface area contributed by atoms with Crippen LogP contribution in [0, 0.1) is 11.3 Å². The van der Waals surface area contributed by atoms with E-state index in [1.54, 1.807) is 0 Å². The first-order chi connectivity index (χ1) is 6.56. The van der Waals surface area contributed by atoms with Gasteiger partial charge >= 0.3 is 0 Å². The smallest absolute Gasteiger partial charge is 0.0992 e. The second-order valence-corrected chi connectivity index (χ2v) is 4.56. The van der Waals surface area contributed by atoms with E-state index in [4.69, 9.17) is 5.41 Å².